The number of hydrogen-bond acceptors (Lipinski definition) is 3. The maximum Gasteiger partial charge on any atom is 0.356 e. The van der Waals surface area contributed by atoms with E-state index < -0.39 is 5.97 Å². The highest BCUT2D eigenvalue weighted by Crippen LogP contribution is 2.32. The van der Waals surface area contributed by atoms with Gasteiger partial charge in [0, 0.05) is 5.92 Å². The first-order valence-electron chi connectivity index (χ1n) is 5.42. The summed E-state index contributed by atoms with van der Waals surface area (Å²) in [7, 11) is 0. The smallest absolute Gasteiger partial charge is 0.356 e. The molecular formula is C10H12N4O2. The highest BCUT2D eigenvalue weighted by molar-refractivity contribution is 5.85. The highest BCUT2D eigenvalue weighted by atomic mass is 16.4. The zero-order valence-electron chi connectivity index (χ0n) is 8.68. The van der Waals surface area contributed by atoms with Crippen LogP contribution in [0.5, 0.6) is 0 Å². The molecule has 0 bridgehead atoms. The minimum atomic E-state index is -1.03. The van der Waals surface area contributed by atoms with E-state index in [1.807, 2.05) is 0 Å². The minimum absolute atomic E-state index is 0.0247. The predicted octanol–water partition coefficient (Wildman–Crippen LogP) is 1.41. The lowest BCUT2D eigenvalue weighted by Crippen LogP contribution is -1.98. The van der Waals surface area contributed by atoms with Gasteiger partial charge in [0.2, 0.25) is 0 Å². The number of aromatic carboxylic acids is 1. The number of carbonyl (C=O) groups is 1. The Morgan fingerprint density at radius 3 is 2.81 bits per heavy atom. The third-order valence-corrected chi connectivity index (χ3v) is 3.10. The van der Waals surface area contributed by atoms with Crippen LogP contribution in [0.15, 0.2) is 6.20 Å². The van der Waals surface area contributed by atoms with Gasteiger partial charge < -0.3 is 5.11 Å². The molecule has 1 fully saturated rings. The molecule has 3 rings (SSSR count). The fourth-order valence-electron chi connectivity index (χ4n) is 2.27. The second-order valence-corrected chi connectivity index (χ2v) is 4.19. The van der Waals surface area contributed by atoms with Crippen molar-refractivity contribution in [3.8, 4) is 0 Å². The van der Waals surface area contributed by atoms with Crippen LogP contribution in [0.3, 0.4) is 0 Å². The van der Waals surface area contributed by atoms with E-state index in [1.165, 1.54) is 19.0 Å². The Labute approximate surface area is 91.3 Å². The van der Waals surface area contributed by atoms with Crippen LogP contribution < -0.4 is 0 Å². The van der Waals surface area contributed by atoms with Crippen molar-refractivity contribution < 1.29 is 9.90 Å². The lowest BCUT2D eigenvalue weighted by Gasteiger charge is -2.02. The molecule has 1 saturated carbocycles. The van der Waals surface area contributed by atoms with Crippen LogP contribution >= 0.6 is 0 Å². The summed E-state index contributed by atoms with van der Waals surface area (Å²) in [4.78, 5) is 18.9. The van der Waals surface area contributed by atoms with Gasteiger partial charge in [-0.15, -0.1) is 0 Å². The first kappa shape index (κ1) is 9.38. The van der Waals surface area contributed by atoms with Crippen molar-refractivity contribution in [2.45, 2.75) is 31.6 Å². The zero-order chi connectivity index (χ0) is 11.1. The fraction of sp³-hybridized carbons (Fsp3) is 0.500. The van der Waals surface area contributed by atoms with E-state index in [0.717, 1.165) is 18.7 Å². The summed E-state index contributed by atoms with van der Waals surface area (Å²) in [5, 5.41) is 11.9. The summed E-state index contributed by atoms with van der Waals surface area (Å²) >= 11 is 0. The van der Waals surface area contributed by atoms with Gasteiger partial charge in [-0.1, -0.05) is 12.8 Å². The first-order valence-corrected chi connectivity index (χ1v) is 5.42. The summed E-state index contributed by atoms with van der Waals surface area (Å²) in [6.45, 7) is 0. The number of fused-ring (bicyclic) bond motifs is 1. The molecule has 0 amide bonds. The molecule has 6 nitrogen and oxygen atoms in total. The summed E-state index contributed by atoms with van der Waals surface area (Å²) < 4.78 is 1.58. The normalized spacial score (nSPS) is 17.2. The van der Waals surface area contributed by atoms with Crippen molar-refractivity contribution in [1.82, 2.24) is 19.6 Å². The number of nitrogens with one attached hydrogen (secondary N) is 1. The van der Waals surface area contributed by atoms with Gasteiger partial charge in [0.25, 0.3) is 5.78 Å². The fourth-order valence-corrected chi connectivity index (χ4v) is 2.27. The average Bonchev–Trinajstić information content (AvgIpc) is 2.91. The Morgan fingerprint density at radius 2 is 2.19 bits per heavy atom. The molecule has 0 spiro atoms. The summed E-state index contributed by atoms with van der Waals surface area (Å²) in [6, 6.07) is 0. The molecule has 0 unspecified atom stereocenters. The van der Waals surface area contributed by atoms with Crippen LogP contribution in [0.25, 0.3) is 5.78 Å². The minimum Gasteiger partial charge on any atom is -0.476 e. The van der Waals surface area contributed by atoms with Gasteiger partial charge in [-0.25, -0.2) is 14.3 Å². The van der Waals surface area contributed by atoms with E-state index in [1.54, 1.807) is 4.52 Å². The number of carboxylic acids is 1. The van der Waals surface area contributed by atoms with E-state index in [4.69, 9.17) is 5.11 Å². The molecule has 2 heterocycles. The van der Waals surface area contributed by atoms with Gasteiger partial charge in [0.1, 0.15) is 5.82 Å². The Balaban J connectivity index is 1.98. The van der Waals surface area contributed by atoms with Crippen molar-refractivity contribution in [1.29, 1.82) is 0 Å². The van der Waals surface area contributed by atoms with E-state index >= 15 is 0 Å². The first-order chi connectivity index (χ1) is 7.74. The molecule has 2 aromatic heterocycles. The Hall–Kier alpha value is -1.85. The number of aromatic nitrogens is 4. The molecule has 0 radical (unpaired) electrons. The quantitative estimate of drug-likeness (QED) is 0.801. The predicted molar refractivity (Wildman–Crippen MR) is 55.5 cm³/mol. The van der Waals surface area contributed by atoms with Crippen LogP contribution in [0.2, 0.25) is 0 Å². The third-order valence-electron chi connectivity index (χ3n) is 3.10. The van der Waals surface area contributed by atoms with Gasteiger partial charge >= 0.3 is 5.97 Å². The van der Waals surface area contributed by atoms with Gasteiger partial charge in [-0.2, -0.15) is 4.98 Å². The van der Waals surface area contributed by atoms with Gasteiger partial charge in [0.05, 0.1) is 6.20 Å². The second-order valence-electron chi connectivity index (χ2n) is 4.19. The number of H-pyrrole nitrogens is 1. The molecular weight excluding hydrogens is 208 g/mol. The number of hydrogen-bond donors (Lipinski definition) is 2. The second kappa shape index (κ2) is 3.33. The molecule has 2 N–H and O–H groups in total. The molecule has 6 heteroatoms. The third kappa shape index (κ3) is 1.37. The van der Waals surface area contributed by atoms with Gasteiger partial charge in [-0.05, 0) is 12.8 Å². The molecule has 84 valence electrons. The Morgan fingerprint density at radius 1 is 1.44 bits per heavy atom. The largest absolute Gasteiger partial charge is 0.476 e. The number of carboxylic acid groups (broad SMARTS) is 1. The lowest BCUT2D eigenvalue weighted by atomic mass is 10.1. The summed E-state index contributed by atoms with van der Waals surface area (Å²) in [5.41, 5.74) is 0.0247. The van der Waals surface area contributed by atoms with Crippen LogP contribution in [-0.4, -0.2) is 30.7 Å². The van der Waals surface area contributed by atoms with Crippen molar-refractivity contribution in [3.05, 3.63) is 17.7 Å². The van der Waals surface area contributed by atoms with Crippen molar-refractivity contribution in [2.75, 3.05) is 0 Å². The van der Waals surface area contributed by atoms with Crippen LogP contribution in [0, 0.1) is 0 Å². The highest BCUT2D eigenvalue weighted by Gasteiger charge is 2.21. The number of nitrogens with zero attached hydrogens (tertiary/aromatic N) is 3. The maximum atomic E-state index is 10.7. The van der Waals surface area contributed by atoms with E-state index in [2.05, 4.69) is 15.1 Å². The summed E-state index contributed by atoms with van der Waals surface area (Å²) in [6.07, 6.45) is 6.26. The molecule has 0 aliphatic heterocycles. The number of imidazole rings is 1. The van der Waals surface area contributed by atoms with Crippen LogP contribution in [-0.2, 0) is 0 Å². The molecule has 16 heavy (non-hydrogen) atoms. The number of rotatable bonds is 2. The van der Waals surface area contributed by atoms with E-state index in [-0.39, 0.29) is 5.69 Å². The molecule has 0 saturated heterocycles. The summed E-state index contributed by atoms with van der Waals surface area (Å²) in [5.74, 6) is 0.826. The lowest BCUT2D eigenvalue weighted by molar-refractivity contribution is 0.0691. The molecule has 0 atom stereocenters. The van der Waals surface area contributed by atoms with Gasteiger partial charge in [0.15, 0.2) is 5.69 Å². The Bertz CT molecular complexity index is 504. The van der Waals surface area contributed by atoms with Crippen molar-refractivity contribution >= 4 is 11.7 Å². The molecule has 2 aromatic rings. The maximum absolute atomic E-state index is 10.7. The standard InChI is InChI=1S/C10H12N4O2/c15-9(16)7-5-14-10(11-7)12-8(13-14)6-3-1-2-4-6/h5-6H,1-4H2,(H,15,16)(H,11,12,13). The molecule has 1 aliphatic rings. The van der Waals surface area contributed by atoms with Gasteiger partial charge in [-0.3, -0.25) is 5.10 Å². The molecule has 0 aromatic carbocycles. The van der Waals surface area contributed by atoms with Crippen molar-refractivity contribution in [3.63, 3.8) is 0 Å². The average molecular weight is 220 g/mol. The van der Waals surface area contributed by atoms with Crippen LogP contribution in [0.4, 0.5) is 0 Å². The monoisotopic (exact) mass is 220 g/mol. The van der Waals surface area contributed by atoms with Crippen molar-refractivity contribution in [2.24, 2.45) is 0 Å². The van der Waals surface area contributed by atoms with E-state index in [9.17, 15) is 4.79 Å². The topological polar surface area (TPSA) is 83.3 Å². The SMILES string of the molecule is O=C(O)c1cn2[nH]c(C3CCCC3)nc2n1. The zero-order valence-corrected chi connectivity index (χ0v) is 8.68. The van der Waals surface area contributed by atoms with E-state index in [0.29, 0.717) is 11.7 Å². The Kier molecular flexibility index (Phi) is 1.95. The molecule has 1 aliphatic carbocycles. The number of aromatic amines is 1. The van der Waals surface area contributed by atoms with Crippen LogP contribution in [0.1, 0.15) is 47.9 Å².